The maximum absolute atomic E-state index is 13.1. The first-order valence-corrected chi connectivity index (χ1v) is 14.4. The Labute approximate surface area is 247 Å². The number of nitrogens with one attached hydrogen (secondary N) is 2. The lowest BCUT2D eigenvalue weighted by atomic mass is 9.86. The normalized spacial score (nSPS) is 18.1. The van der Waals surface area contributed by atoms with Crippen molar-refractivity contribution >= 4 is 29.1 Å². The lowest BCUT2D eigenvalue weighted by Gasteiger charge is -2.36. The summed E-state index contributed by atoms with van der Waals surface area (Å²) in [6.45, 7) is 10.0. The number of carbonyl (C=O) groups is 3. The fourth-order valence-electron chi connectivity index (χ4n) is 4.31. The zero-order valence-electron chi connectivity index (χ0n) is 24.2. The number of aromatic nitrogens is 1. The largest absolute Gasteiger partial charge is 0.490 e. The molecule has 0 saturated carbocycles. The molecular weight excluding hydrogens is 575 g/mol. The molecule has 14 heteroatoms. The number of nitrogens with zero attached hydrogens (tertiary/aromatic N) is 2. The van der Waals surface area contributed by atoms with Gasteiger partial charge in [-0.25, -0.2) is 9.78 Å². The summed E-state index contributed by atoms with van der Waals surface area (Å²) in [6.07, 6.45) is -4.24. The number of aliphatic carboxylic acids is 1. The van der Waals surface area contributed by atoms with Gasteiger partial charge in [-0.15, -0.1) is 11.3 Å². The van der Waals surface area contributed by atoms with E-state index in [1.807, 2.05) is 29.5 Å². The first-order valence-electron chi connectivity index (χ1n) is 13.5. The van der Waals surface area contributed by atoms with Crippen LogP contribution in [-0.4, -0.2) is 81.9 Å². The van der Waals surface area contributed by atoms with E-state index in [0.29, 0.717) is 45.4 Å². The van der Waals surface area contributed by atoms with Crippen LogP contribution in [0.5, 0.6) is 0 Å². The highest BCUT2D eigenvalue weighted by Crippen LogP contribution is 2.28. The molecule has 0 spiro atoms. The quantitative estimate of drug-likeness (QED) is 0.273. The smallest absolute Gasteiger partial charge is 0.475 e. The van der Waals surface area contributed by atoms with Crippen LogP contribution in [0.15, 0.2) is 29.8 Å². The molecule has 1 fully saturated rings. The standard InChI is InChI=1S/C26H39N5O3S.C2HF3O2/c1-17-24(35-16-29-17)19-9-7-18(8-10-19)13-28-25(34)21-12-20(32)14-31(21)15-22(26(2,3)4)30-23(33)6-5-11-27;3-2(4,5)1(6)7/h7-10,16,20-22,32H,5-6,11-15,27H2,1-4H3,(H,28,34)(H,30,33);(H,6,7)/t20-,21+,22-;/m1./s1. The number of halogens is 3. The second-order valence-electron chi connectivity index (χ2n) is 11.2. The van der Waals surface area contributed by atoms with Gasteiger partial charge in [0.2, 0.25) is 11.8 Å². The number of aryl methyl sites for hydroxylation is 1. The van der Waals surface area contributed by atoms with Crippen LogP contribution >= 0.6 is 11.3 Å². The minimum atomic E-state index is -5.08. The van der Waals surface area contributed by atoms with Gasteiger partial charge in [0.15, 0.2) is 0 Å². The highest BCUT2D eigenvalue weighted by molar-refractivity contribution is 7.13. The minimum absolute atomic E-state index is 0.0342. The minimum Gasteiger partial charge on any atom is -0.475 e. The Balaban J connectivity index is 0.000000782. The van der Waals surface area contributed by atoms with Gasteiger partial charge < -0.3 is 26.6 Å². The summed E-state index contributed by atoms with van der Waals surface area (Å²) >= 11 is 1.62. The molecule has 2 heterocycles. The number of nitrogens with two attached hydrogens (primary N) is 1. The van der Waals surface area contributed by atoms with Crippen LogP contribution in [0.4, 0.5) is 13.2 Å². The summed E-state index contributed by atoms with van der Waals surface area (Å²) in [5.41, 5.74) is 10.3. The van der Waals surface area contributed by atoms with E-state index in [-0.39, 0.29) is 23.3 Å². The number of carboxylic acids is 1. The number of β-amino-alcohol motifs (C(OH)–C–C–N with tert-alkyl or cyclic N) is 1. The number of carboxylic acid groups (broad SMARTS) is 1. The maximum atomic E-state index is 13.1. The summed E-state index contributed by atoms with van der Waals surface area (Å²) in [5, 5.41) is 23.6. The van der Waals surface area contributed by atoms with E-state index in [4.69, 9.17) is 15.6 Å². The lowest BCUT2D eigenvalue weighted by molar-refractivity contribution is -0.192. The molecule has 0 radical (unpaired) electrons. The zero-order valence-corrected chi connectivity index (χ0v) is 25.0. The van der Waals surface area contributed by atoms with Crippen LogP contribution in [0.2, 0.25) is 0 Å². The van der Waals surface area contributed by atoms with Gasteiger partial charge in [-0.1, -0.05) is 45.0 Å². The van der Waals surface area contributed by atoms with Crippen molar-refractivity contribution < 1.29 is 37.8 Å². The first kappa shape index (κ1) is 35.1. The number of hydrogen-bond acceptors (Lipinski definition) is 8. The fraction of sp³-hybridized carbons (Fsp3) is 0.571. The fourth-order valence-corrected chi connectivity index (χ4v) is 5.13. The van der Waals surface area contributed by atoms with Gasteiger partial charge >= 0.3 is 12.1 Å². The van der Waals surface area contributed by atoms with E-state index in [1.54, 1.807) is 11.3 Å². The van der Waals surface area contributed by atoms with Crippen LogP contribution in [-0.2, 0) is 20.9 Å². The molecule has 0 bridgehead atoms. The zero-order chi connectivity index (χ0) is 31.7. The second kappa shape index (κ2) is 15.4. The molecule has 42 heavy (non-hydrogen) atoms. The van der Waals surface area contributed by atoms with Gasteiger partial charge in [0.1, 0.15) is 0 Å². The molecule has 0 unspecified atom stereocenters. The average Bonchev–Trinajstić information content (AvgIpc) is 3.50. The molecule has 234 valence electrons. The molecule has 1 aromatic heterocycles. The summed E-state index contributed by atoms with van der Waals surface area (Å²) in [7, 11) is 0. The average molecular weight is 616 g/mol. The number of benzene rings is 1. The molecule has 3 rings (SSSR count). The highest BCUT2D eigenvalue weighted by Gasteiger charge is 2.39. The van der Waals surface area contributed by atoms with Crippen molar-refractivity contribution in [3.8, 4) is 10.4 Å². The van der Waals surface area contributed by atoms with Gasteiger partial charge in [-0.2, -0.15) is 13.2 Å². The van der Waals surface area contributed by atoms with Crippen LogP contribution in [0.25, 0.3) is 10.4 Å². The van der Waals surface area contributed by atoms with Crippen molar-refractivity contribution in [1.29, 1.82) is 0 Å². The number of carbonyl (C=O) groups excluding carboxylic acids is 2. The molecular formula is C28H40F3N5O5S. The number of likely N-dealkylation sites (tertiary alicyclic amines) is 1. The summed E-state index contributed by atoms with van der Waals surface area (Å²) in [5.74, 6) is -2.90. The number of rotatable bonds is 10. The van der Waals surface area contributed by atoms with Crippen LogP contribution in [0.3, 0.4) is 0 Å². The maximum Gasteiger partial charge on any atom is 0.490 e. The third kappa shape index (κ3) is 11.0. The summed E-state index contributed by atoms with van der Waals surface area (Å²) in [6, 6.07) is 7.54. The number of aliphatic hydroxyl groups excluding tert-OH is 1. The van der Waals surface area contributed by atoms with Gasteiger partial charge in [0.25, 0.3) is 0 Å². The van der Waals surface area contributed by atoms with Crippen LogP contribution < -0.4 is 16.4 Å². The predicted molar refractivity (Wildman–Crippen MR) is 153 cm³/mol. The van der Waals surface area contributed by atoms with Crippen molar-refractivity contribution in [3.05, 3.63) is 41.0 Å². The molecule has 1 aliphatic rings. The Bertz CT molecular complexity index is 1180. The lowest BCUT2D eigenvalue weighted by Crippen LogP contribution is -2.54. The van der Waals surface area contributed by atoms with E-state index in [1.165, 1.54) is 0 Å². The van der Waals surface area contributed by atoms with E-state index in [0.717, 1.165) is 21.7 Å². The monoisotopic (exact) mass is 615 g/mol. The number of thiazole rings is 1. The van der Waals surface area contributed by atoms with E-state index < -0.39 is 24.3 Å². The highest BCUT2D eigenvalue weighted by atomic mass is 32.1. The van der Waals surface area contributed by atoms with Crippen molar-refractivity contribution in [3.63, 3.8) is 0 Å². The molecule has 2 aromatic rings. The van der Waals surface area contributed by atoms with Crippen LogP contribution in [0, 0.1) is 12.3 Å². The van der Waals surface area contributed by atoms with Gasteiger partial charge in [0, 0.05) is 32.1 Å². The van der Waals surface area contributed by atoms with E-state index in [2.05, 4.69) is 48.5 Å². The molecule has 6 N–H and O–H groups in total. The van der Waals surface area contributed by atoms with Gasteiger partial charge in [-0.3, -0.25) is 14.5 Å². The summed E-state index contributed by atoms with van der Waals surface area (Å²) in [4.78, 5) is 41.8. The molecule has 10 nitrogen and oxygen atoms in total. The molecule has 1 aliphatic heterocycles. The second-order valence-corrected chi connectivity index (χ2v) is 12.1. The Hall–Kier alpha value is -3.07. The summed E-state index contributed by atoms with van der Waals surface area (Å²) < 4.78 is 31.7. The van der Waals surface area contributed by atoms with Crippen molar-refractivity contribution in [1.82, 2.24) is 20.5 Å². The Morgan fingerprint density at radius 2 is 1.81 bits per heavy atom. The van der Waals surface area contributed by atoms with Gasteiger partial charge in [-0.05, 0) is 42.9 Å². The third-order valence-corrected chi connectivity index (χ3v) is 7.74. The number of hydrogen-bond donors (Lipinski definition) is 5. The first-order chi connectivity index (χ1) is 19.5. The SMILES string of the molecule is Cc1ncsc1-c1ccc(CNC(=O)[C@@H]2C[C@@H](O)CN2C[C@@H](NC(=O)CCCN)C(C)(C)C)cc1.O=C(O)C(F)(F)F. The predicted octanol–water partition coefficient (Wildman–Crippen LogP) is 3.07. The molecule has 1 saturated heterocycles. The topological polar surface area (TPSA) is 158 Å². The van der Waals surface area contributed by atoms with E-state index in [9.17, 15) is 27.9 Å². The molecule has 1 aromatic carbocycles. The number of aliphatic hydroxyl groups is 1. The van der Waals surface area contributed by atoms with E-state index >= 15 is 0 Å². The van der Waals surface area contributed by atoms with Crippen molar-refractivity contribution in [2.75, 3.05) is 19.6 Å². The van der Waals surface area contributed by atoms with Crippen molar-refractivity contribution in [2.24, 2.45) is 11.1 Å². The molecule has 2 amide bonds. The number of alkyl halides is 3. The van der Waals surface area contributed by atoms with Gasteiger partial charge in [0.05, 0.1) is 28.2 Å². The third-order valence-electron chi connectivity index (χ3n) is 6.76. The Morgan fingerprint density at radius 3 is 2.31 bits per heavy atom. The molecule has 0 aliphatic carbocycles. The Kier molecular flexibility index (Phi) is 12.9. The van der Waals surface area contributed by atoms with Crippen molar-refractivity contribution in [2.45, 2.75) is 77.9 Å². The molecule has 3 atom stereocenters. The van der Waals surface area contributed by atoms with Crippen LogP contribution in [0.1, 0.15) is 51.3 Å². The number of amides is 2. The Morgan fingerprint density at radius 1 is 1.19 bits per heavy atom.